The molecule has 0 fully saturated rings. The minimum atomic E-state index is -1.23. The first kappa shape index (κ1) is 10.2. The topological polar surface area (TPSA) is 16.4 Å². The average molecular weight is 617 g/mol. The molecule has 0 aliphatic carbocycles. The lowest BCUT2D eigenvalue weighted by atomic mass is 9.97. The van der Waals surface area contributed by atoms with Gasteiger partial charge in [0, 0.05) is 27.8 Å². The fraction of sp³-hybridized carbons (Fsp3) is 0. The Labute approximate surface area is 308 Å². The van der Waals surface area contributed by atoms with E-state index in [2.05, 4.69) is 0 Å². The van der Waals surface area contributed by atoms with Crippen molar-refractivity contribution in [2.75, 3.05) is 4.90 Å². The first-order chi connectivity index (χ1) is 34.9. The number of rotatable bonds is 5. The molecule has 9 rings (SSSR count). The third-order valence-corrected chi connectivity index (χ3v) is 6.83. The van der Waals surface area contributed by atoms with Gasteiger partial charge in [0.2, 0.25) is 0 Å². The molecule has 0 bridgehead atoms. The predicted octanol–water partition coefficient (Wildman–Crippen LogP) is 12.7. The summed E-state index contributed by atoms with van der Waals surface area (Å²) in [5, 5.41) is -3.72. The van der Waals surface area contributed by atoms with Gasteiger partial charge < -0.3 is 9.32 Å². The lowest BCUT2D eigenvalue weighted by molar-refractivity contribution is 0.669. The van der Waals surface area contributed by atoms with Crippen LogP contribution in [0.15, 0.2) is 180 Å². The first-order valence-corrected chi connectivity index (χ1v) is 13.3. The van der Waals surface area contributed by atoms with Crippen LogP contribution < -0.4 is 4.90 Å². The number of hydrogen-bond donors (Lipinski definition) is 0. The third-order valence-electron chi connectivity index (χ3n) is 6.83. The van der Waals surface area contributed by atoms with E-state index in [0.717, 1.165) is 0 Å². The van der Waals surface area contributed by atoms with Crippen molar-refractivity contribution in [1.29, 1.82) is 0 Å². The number of benzene rings is 8. The molecule has 0 saturated carbocycles. The standard InChI is InChI=1S/C44H29NO/c1-2-13-37(14-3-1)45(38-23-21-32(22-24-38)35-19-17-30-9-4-6-11-33(30)27-35)39-25-26-42-41(29-39)44-40(15-8-16-43(44)46-42)36-20-18-31-10-5-7-12-34(31)28-36/h1-29H/i1D,2D,3D,4D,5D,6D,7D,8D,9D,10D,11D,12D,13D,14D,15D,16D,17D,18D,19D,20D,21D,22D,23D,24D,25D,26D,27D,28D,29D. The highest BCUT2D eigenvalue weighted by Gasteiger charge is 2.18. The van der Waals surface area contributed by atoms with E-state index in [0.29, 0.717) is 4.90 Å². The second kappa shape index (κ2) is 10.8. The van der Waals surface area contributed by atoms with Crippen molar-refractivity contribution in [2.24, 2.45) is 0 Å². The van der Waals surface area contributed by atoms with Crippen LogP contribution in [0.4, 0.5) is 17.1 Å². The van der Waals surface area contributed by atoms with Crippen molar-refractivity contribution < 1.29 is 44.2 Å². The number of para-hydroxylation sites is 1. The van der Waals surface area contributed by atoms with Crippen molar-refractivity contribution in [1.82, 2.24) is 0 Å². The monoisotopic (exact) mass is 616 g/mol. The average Bonchev–Trinajstić information content (AvgIpc) is 3.78. The van der Waals surface area contributed by atoms with Gasteiger partial charge in [-0.05, 0) is 104 Å². The van der Waals surface area contributed by atoms with E-state index >= 15 is 0 Å². The van der Waals surface area contributed by atoms with Gasteiger partial charge in [-0.1, -0.05) is 115 Å². The van der Waals surface area contributed by atoms with Gasteiger partial charge in [0.1, 0.15) is 11.2 Å². The fourth-order valence-electron chi connectivity index (χ4n) is 4.79. The molecular weight excluding hydrogens is 558 g/mol. The molecule has 0 spiro atoms. The second-order valence-electron chi connectivity index (χ2n) is 9.52. The van der Waals surface area contributed by atoms with Crippen molar-refractivity contribution in [2.45, 2.75) is 0 Å². The number of fused-ring (bicyclic) bond motifs is 5. The molecule has 0 unspecified atom stereocenters. The van der Waals surface area contributed by atoms with Crippen LogP contribution >= 0.6 is 0 Å². The molecule has 46 heavy (non-hydrogen) atoms. The maximum Gasteiger partial charge on any atom is 0.136 e. The Kier molecular flexibility index (Phi) is 2.39. The van der Waals surface area contributed by atoms with Crippen LogP contribution in [-0.2, 0) is 0 Å². The summed E-state index contributed by atoms with van der Waals surface area (Å²) in [4.78, 5) is 0.378. The van der Waals surface area contributed by atoms with Gasteiger partial charge in [-0.25, -0.2) is 0 Å². The van der Waals surface area contributed by atoms with E-state index < -0.39 is 258 Å². The summed E-state index contributed by atoms with van der Waals surface area (Å²) >= 11 is 0. The first-order valence-electron chi connectivity index (χ1n) is 27.8. The molecule has 0 atom stereocenters. The summed E-state index contributed by atoms with van der Waals surface area (Å²) in [6.07, 6.45) is 0. The Morgan fingerprint density at radius 3 is 1.72 bits per heavy atom. The molecule has 0 radical (unpaired) electrons. The molecule has 0 amide bonds. The zero-order valence-corrected chi connectivity index (χ0v) is 22.9. The van der Waals surface area contributed by atoms with Crippen LogP contribution in [-0.4, -0.2) is 0 Å². The largest absolute Gasteiger partial charge is 0.456 e. The quantitative estimate of drug-likeness (QED) is 0.191. The van der Waals surface area contributed by atoms with Crippen LogP contribution in [0, 0.1) is 0 Å². The number of hydrogen-bond acceptors (Lipinski definition) is 2. The normalized spacial score (nSPS) is 20.3. The SMILES string of the molecule is [2H]c1c([2H])c([2H])c(N(c2c([2H])c([2H])c(-c3c([2H])c([2H])c4c([2H])c([2H])c([2H])c([2H])c4c3[2H])c([2H])c2[2H])c2c([2H])c([2H])c3oc4c([2H])c([2H])c([2H])c(-c5c([2H])c([2H])c6c([2H])c([2H])c([2H])c([2H])c6c5[2H])c4c3c2[2H])c([2H])c1[2H]. The maximum absolute atomic E-state index is 9.89. The molecule has 0 saturated heterocycles. The van der Waals surface area contributed by atoms with Gasteiger partial charge in [0.25, 0.3) is 0 Å². The van der Waals surface area contributed by atoms with Gasteiger partial charge in [0.15, 0.2) is 0 Å². The molecule has 9 aromatic rings. The molecule has 2 heteroatoms. The highest BCUT2D eigenvalue weighted by Crippen LogP contribution is 2.42. The predicted molar refractivity (Wildman–Crippen MR) is 194 cm³/mol. The Bertz CT molecular complexity index is 4130. The second-order valence-corrected chi connectivity index (χ2v) is 9.52. The minimum absolute atomic E-state index is 0.378. The number of anilines is 3. The van der Waals surface area contributed by atoms with E-state index in [-0.39, 0.29) is 0 Å². The molecule has 0 aliphatic rings. The van der Waals surface area contributed by atoms with E-state index in [1.807, 2.05) is 0 Å². The number of nitrogens with zero attached hydrogens (tertiary/aromatic N) is 1. The lowest BCUT2D eigenvalue weighted by Gasteiger charge is -2.25. The highest BCUT2D eigenvalue weighted by molar-refractivity contribution is 6.14. The van der Waals surface area contributed by atoms with Crippen LogP contribution in [0.2, 0.25) is 0 Å². The number of furan rings is 1. The van der Waals surface area contributed by atoms with Crippen molar-refractivity contribution in [3.05, 3.63) is 175 Å². The summed E-state index contributed by atoms with van der Waals surface area (Å²) in [7, 11) is 0. The lowest BCUT2D eigenvalue weighted by Crippen LogP contribution is -2.09. The van der Waals surface area contributed by atoms with Crippen molar-refractivity contribution in [3.8, 4) is 22.3 Å². The molecular formula is C44H29NO. The van der Waals surface area contributed by atoms with Gasteiger partial charge in [0.05, 0.1) is 39.8 Å². The molecule has 0 N–H and O–H groups in total. The Morgan fingerprint density at radius 2 is 0.978 bits per heavy atom. The molecule has 216 valence electrons. The van der Waals surface area contributed by atoms with Gasteiger partial charge in [-0.3, -0.25) is 0 Å². The Morgan fingerprint density at radius 1 is 0.391 bits per heavy atom. The van der Waals surface area contributed by atoms with Crippen LogP contribution in [0.5, 0.6) is 0 Å². The smallest absolute Gasteiger partial charge is 0.136 e. The molecule has 2 nitrogen and oxygen atoms in total. The summed E-state index contributed by atoms with van der Waals surface area (Å²) in [6, 6.07) is -28.4. The van der Waals surface area contributed by atoms with Crippen LogP contribution in [0.25, 0.3) is 65.7 Å². The zero-order valence-electron chi connectivity index (χ0n) is 51.9. The molecule has 1 aromatic heterocycles. The molecule has 0 aliphatic heterocycles. The molecule has 8 aromatic carbocycles. The van der Waals surface area contributed by atoms with Crippen molar-refractivity contribution in [3.63, 3.8) is 0 Å². The fourth-order valence-corrected chi connectivity index (χ4v) is 4.79. The maximum atomic E-state index is 9.89. The van der Waals surface area contributed by atoms with Gasteiger partial charge in [-0.2, -0.15) is 0 Å². The summed E-state index contributed by atoms with van der Waals surface area (Å²) < 4.78 is 263. The van der Waals surface area contributed by atoms with E-state index in [1.54, 1.807) is 0 Å². The van der Waals surface area contributed by atoms with Crippen LogP contribution in [0.3, 0.4) is 0 Å². The summed E-state index contributed by atoms with van der Waals surface area (Å²) in [6.45, 7) is 0. The summed E-state index contributed by atoms with van der Waals surface area (Å²) in [5.41, 5.74) is -7.92. The third kappa shape index (κ3) is 4.51. The molecule has 1 heterocycles. The highest BCUT2D eigenvalue weighted by atomic mass is 16.3. The van der Waals surface area contributed by atoms with E-state index in [9.17, 15) is 12.3 Å². The minimum Gasteiger partial charge on any atom is -0.456 e. The van der Waals surface area contributed by atoms with E-state index in [1.165, 1.54) is 0 Å². The van der Waals surface area contributed by atoms with Crippen molar-refractivity contribution >= 4 is 60.5 Å². The van der Waals surface area contributed by atoms with E-state index in [4.69, 9.17) is 31.8 Å². The Hall–Kier alpha value is -6.12. The Balaban J connectivity index is 1.48. The van der Waals surface area contributed by atoms with Gasteiger partial charge in [-0.15, -0.1) is 0 Å². The zero-order chi connectivity index (χ0) is 55.7. The van der Waals surface area contributed by atoms with Crippen LogP contribution in [0.1, 0.15) is 39.8 Å². The van der Waals surface area contributed by atoms with Gasteiger partial charge >= 0.3 is 0 Å². The summed E-state index contributed by atoms with van der Waals surface area (Å²) in [5.74, 6) is 0.